The Kier molecular flexibility index (Phi) is 3.88. The van der Waals surface area contributed by atoms with Crippen LogP contribution in [-0.4, -0.2) is 31.7 Å². The van der Waals surface area contributed by atoms with Crippen LogP contribution >= 0.6 is 0 Å². The number of ether oxygens (including phenoxy) is 3. The van der Waals surface area contributed by atoms with Crippen molar-refractivity contribution < 1.29 is 14.2 Å². The van der Waals surface area contributed by atoms with Crippen LogP contribution in [0.15, 0.2) is 0 Å². The van der Waals surface area contributed by atoms with Gasteiger partial charge >= 0.3 is 0 Å². The summed E-state index contributed by atoms with van der Waals surface area (Å²) in [4.78, 5) is 0. The van der Waals surface area contributed by atoms with Crippen LogP contribution in [0.3, 0.4) is 0 Å². The third kappa shape index (κ3) is 2.58. The van der Waals surface area contributed by atoms with Crippen molar-refractivity contribution in [3.05, 3.63) is 0 Å². The molecule has 0 N–H and O–H groups in total. The van der Waals surface area contributed by atoms with Gasteiger partial charge in [-0.15, -0.1) is 0 Å². The molecule has 3 heteroatoms. The highest BCUT2D eigenvalue weighted by atomic mass is 16.7. The van der Waals surface area contributed by atoms with Gasteiger partial charge < -0.3 is 14.2 Å². The van der Waals surface area contributed by atoms with Crippen LogP contribution in [-0.2, 0) is 14.2 Å². The lowest BCUT2D eigenvalue weighted by molar-refractivity contribution is -0.249. The summed E-state index contributed by atoms with van der Waals surface area (Å²) < 4.78 is 17.2. The summed E-state index contributed by atoms with van der Waals surface area (Å²) >= 11 is 0. The van der Waals surface area contributed by atoms with E-state index in [0.717, 1.165) is 19.6 Å². The van der Waals surface area contributed by atoms with E-state index in [1.54, 1.807) is 0 Å². The molecule has 2 fully saturated rings. The molecule has 2 aliphatic heterocycles. The zero-order valence-corrected chi connectivity index (χ0v) is 10.8. The minimum absolute atomic E-state index is 0.0495. The molecule has 0 amide bonds. The highest BCUT2D eigenvalue weighted by Crippen LogP contribution is 2.35. The van der Waals surface area contributed by atoms with E-state index in [2.05, 4.69) is 20.8 Å². The quantitative estimate of drug-likeness (QED) is 0.690. The van der Waals surface area contributed by atoms with Crippen LogP contribution in [0.2, 0.25) is 0 Å². The topological polar surface area (TPSA) is 27.7 Å². The number of hydrogen-bond donors (Lipinski definition) is 0. The van der Waals surface area contributed by atoms with E-state index in [0.29, 0.717) is 30.0 Å². The Labute approximate surface area is 98.4 Å². The van der Waals surface area contributed by atoms with Crippen LogP contribution in [0.4, 0.5) is 0 Å². The first-order valence-electron chi connectivity index (χ1n) is 6.46. The maximum atomic E-state index is 5.98. The van der Waals surface area contributed by atoms with Gasteiger partial charge in [-0.25, -0.2) is 0 Å². The lowest BCUT2D eigenvalue weighted by atomic mass is 9.78. The molecule has 2 aliphatic rings. The average molecular weight is 228 g/mol. The first-order valence-corrected chi connectivity index (χ1v) is 6.46. The Balaban J connectivity index is 2.02. The SMILES string of the molecule is CC1CC(C2OC(C)OCC2C)C(C)CO1. The average Bonchev–Trinajstić information content (AvgIpc) is 2.25. The Morgan fingerprint density at radius 2 is 1.56 bits per heavy atom. The van der Waals surface area contributed by atoms with Gasteiger partial charge in [-0.05, 0) is 32.1 Å². The monoisotopic (exact) mass is 228 g/mol. The molecule has 0 spiro atoms. The van der Waals surface area contributed by atoms with Crippen molar-refractivity contribution in [2.24, 2.45) is 17.8 Å². The van der Waals surface area contributed by atoms with Crippen LogP contribution in [0, 0.1) is 17.8 Å². The molecule has 0 saturated carbocycles. The highest BCUT2D eigenvalue weighted by molar-refractivity contribution is 4.85. The van der Waals surface area contributed by atoms with Gasteiger partial charge in [0.1, 0.15) is 0 Å². The summed E-state index contributed by atoms with van der Waals surface area (Å²) in [5.41, 5.74) is 0. The zero-order valence-electron chi connectivity index (χ0n) is 10.8. The molecular weight excluding hydrogens is 204 g/mol. The zero-order chi connectivity index (χ0) is 11.7. The molecule has 94 valence electrons. The molecule has 16 heavy (non-hydrogen) atoms. The minimum atomic E-state index is -0.0495. The molecule has 6 atom stereocenters. The molecule has 0 aromatic carbocycles. The molecule has 2 rings (SSSR count). The van der Waals surface area contributed by atoms with E-state index < -0.39 is 0 Å². The van der Waals surface area contributed by atoms with E-state index in [1.165, 1.54) is 0 Å². The molecule has 2 saturated heterocycles. The van der Waals surface area contributed by atoms with E-state index in [9.17, 15) is 0 Å². The molecule has 0 aromatic heterocycles. The van der Waals surface area contributed by atoms with Gasteiger partial charge in [-0.3, -0.25) is 0 Å². The molecular formula is C13H24O3. The highest BCUT2D eigenvalue weighted by Gasteiger charge is 2.39. The minimum Gasteiger partial charge on any atom is -0.378 e. The molecule has 0 bridgehead atoms. The van der Waals surface area contributed by atoms with Gasteiger partial charge in [0.15, 0.2) is 6.29 Å². The predicted molar refractivity (Wildman–Crippen MR) is 62.1 cm³/mol. The second kappa shape index (κ2) is 5.03. The summed E-state index contributed by atoms with van der Waals surface area (Å²) in [6.07, 6.45) is 1.77. The largest absolute Gasteiger partial charge is 0.378 e. The molecule has 3 nitrogen and oxygen atoms in total. The summed E-state index contributed by atoms with van der Waals surface area (Å²) in [7, 11) is 0. The Morgan fingerprint density at radius 1 is 0.875 bits per heavy atom. The van der Waals surface area contributed by atoms with E-state index in [1.807, 2.05) is 6.92 Å². The van der Waals surface area contributed by atoms with Crippen LogP contribution < -0.4 is 0 Å². The first-order chi connectivity index (χ1) is 7.58. The van der Waals surface area contributed by atoms with Gasteiger partial charge in [0.05, 0.1) is 18.8 Å². The van der Waals surface area contributed by atoms with Crippen molar-refractivity contribution in [1.82, 2.24) is 0 Å². The van der Waals surface area contributed by atoms with Gasteiger partial charge in [-0.2, -0.15) is 0 Å². The van der Waals surface area contributed by atoms with Crippen molar-refractivity contribution in [2.75, 3.05) is 13.2 Å². The fourth-order valence-electron chi connectivity index (χ4n) is 2.88. The number of rotatable bonds is 1. The molecule has 2 heterocycles. The maximum absolute atomic E-state index is 5.98. The van der Waals surface area contributed by atoms with Gasteiger partial charge in [0.2, 0.25) is 0 Å². The van der Waals surface area contributed by atoms with Gasteiger partial charge in [0.25, 0.3) is 0 Å². The predicted octanol–water partition coefficient (Wildman–Crippen LogP) is 2.45. The molecule has 0 aromatic rings. The fourth-order valence-corrected chi connectivity index (χ4v) is 2.88. The number of hydrogen-bond acceptors (Lipinski definition) is 3. The van der Waals surface area contributed by atoms with Crippen LogP contribution in [0.25, 0.3) is 0 Å². The molecule has 0 aliphatic carbocycles. The van der Waals surface area contributed by atoms with Crippen LogP contribution in [0.1, 0.15) is 34.1 Å². The first kappa shape index (κ1) is 12.3. The lowest BCUT2D eigenvalue weighted by Gasteiger charge is -2.43. The van der Waals surface area contributed by atoms with Gasteiger partial charge in [0, 0.05) is 12.5 Å². The van der Waals surface area contributed by atoms with Crippen LogP contribution in [0.5, 0.6) is 0 Å². The standard InChI is InChI=1S/C13H24O3/c1-8-6-14-10(3)5-12(8)13-9(2)7-15-11(4)16-13/h8-13H,5-7H2,1-4H3. The second-order valence-electron chi connectivity index (χ2n) is 5.50. The Morgan fingerprint density at radius 3 is 2.31 bits per heavy atom. The third-order valence-electron chi connectivity index (χ3n) is 3.90. The maximum Gasteiger partial charge on any atom is 0.155 e. The summed E-state index contributed by atoms with van der Waals surface area (Å²) in [6, 6.07) is 0. The van der Waals surface area contributed by atoms with Gasteiger partial charge in [-0.1, -0.05) is 13.8 Å². The van der Waals surface area contributed by atoms with Crippen molar-refractivity contribution in [1.29, 1.82) is 0 Å². The van der Waals surface area contributed by atoms with E-state index in [4.69, 9.17) is 14.2 Å². The Bertz CT molecular complexity index is 207. The fraction of sp³-hybridized carbons (Fsp3) is 1.00. The van der Waals surface area contributed by atoms with Crippen molar-refractivity contribution in [3.8, 4) is 0 Å². The molecule has 6 unspecified atom stereocenters. The van der Waals surface area contributed by atoms with Crippen molar-refractivity contribution in [2.45, 2.75) is 52.6 Å². The van der Waals surface area contributed by atoms with E-state index in [-0.39, 0.29) is 6.29 Å². The van der Waals surface area contributed by atoms with E-state index >= 15 is 0 Å². The summed E-state index contributed by atoms with van der Waals surface area (Å²) in [5, 5.41) is 0. The summed E-state index contributed by atoms with van der Waals surface area (Å²) in [5.74, 6) is 1.70. The Hall–Kier alpha value is -0.120. The normalized spacial score (nSPS) is 50.2. The molecule has 0 radical (unpaired) electrons. The van der Waals surface area contributed by atoms with Crippen molar-refractivity contribution >= 4 is 0 Å². The van der Waals surface area contributed by atoms with Crippen molar-refractivity contribution in [3.63, 3.8) is 0 Å². The third-order valence-corrected chi connectivity index (χ3v) is 3.90. The second-order valence-corrected chi connectivity index (χ2v) is 5.50. The summed E-state index contributed by atoms with van der Waals surface area (Å²) in [6.45, 7) is 10.3. The lowest BCUT2D eigenvalue weighted by Crippen LogP contribution is -2.47. The smallest absolute Gasteiger partial charge is 0.155 e.